The van der Waals surface area contributed by atoms with E-state index in [0.717, 1.165) is 10.8 Å². The third kappa shape index (κ3) is 3.26. The summed E-state index contributed by atoms with van der Waals surface area (Å²) in [6, 6.07) is -1.33. The number of carboxylic acids is 1. The first kappa shape index (κ1) is 19.3. The number of carboxylic acid groups (broad SMARTS) is 1. The molecule has 1 heterocycles. The molecule has 3 unspecified atom stereocenters. The molecule has 1 aliphatic carbocycles. The molecule has 0 bridgehead atoms. The van der Waals surface area contributed by atoms with E-state index < -0.39 is 52.0 Å². The van der Waals surface area contributed by atoms with Gasteiger partial charge in [0.15, 0.2) is 17.1 Å². The third-order valence-electron chi connectivity index (χ3n) is 4.22. The van der Waals surface area contributed by atoms with Crippen LogP contribution in [0.2, 0.25) is 0 Å². The van der Waals surface area contributed by atoms with Crippen LogP contribution in [-0.2, 0) is 27.8 Å². The first-order chi connectivity index (χ1) is 11.6. The van der Waals surface area contributed by atoms with Crippen LogP contribution in [0.15, 0.2) is 6.20 Å². The van der Waals surface area contributed by atoms with Gasteiger partial charge in [0, 0.05) is 13.2 Å². The van der Waals surface area contributed by atoms with Crippen molar-refractivity contribution in [3.05, 3.63) is 17.7 Å². The average Bonchev–Trinajstić information content (AvgIpc) is 3.02. The number of hydrogen-bond donors (Lipinski definition) is 3. The topological polar surface area (TPSA) is 129 Å². The third-order valence-corrected chi connectivity index (χ3v) is 5.00. The molecule has 0 aliphatic heterocycles. The molecule has 140 valence electrons. The van der Waals surface area contributed by atoms with Crippen LogP contribution in [0.3, 0.4) is 0 Å². The molecule has 9 nitrogen and oxygen atoms in total. The van der Waals surface area contributed by atoms with Gasteiger partial charge in [0.1, 0.15) is 5.69 Å². The van der Waals surface area contributed by atoms with Gasteiger partial charge in [-0.05, 0) is 26.2 Å². The van der Waals surface area contributed by atoms with Crippen LogP contribution < -0.4 is 4.31 Å². The molecular weight excluding hydrogens is 359 g/mol. The maximum atomic E-state index is 14.7. The number of aliphatic carboxylic acids is 1. The van der Waals surface area contributed by atoms with Crippen LogP contribution >= 0.6 is 0 Å². The molecule has 0 saturated heterocycles. The highest BCUT2D eigenvalue weighted by Gasteiger charge is 2.53. The number of ether oxygens (including phenoxy) is 1. The number of rotatable bonds is 6. The number of anilines is 1. The number of nitrogens with zero attached hydrogens (tertiary/aromatic N) is 2. The first-order valence-corrected chi connectivity index (χ1v) is 8.59. The summed E-state index contributed by atoms with van der Waals surface area (Å²) in [5, 5.41) is 19.6. The maximum absolute atomic E-state index is 14.7. The van der Waals surface area contributed by atoms with Crippen LogP contribution in [0.5, 0.6) is 0 Å². The molecule has 0 amide bonds. The van der Waals surface area contributed by atoms with E-state index in [1.807, 2.05) is 0 Å². The molecule has 0 spiro atoms. The van der Waals surface area contributed by atoms with Crippen molar-refractivity contribution < 1.29 is 37.7 Å². The minimum Gasteiger partial charge on any atom is -0.479 e. The van der Waals surface area contributed by atoms with Crippen LogP contribution in [0, 0.1) is 5.82 Å². The van der Waals surface area contributed by atoms with E-state index in [9.17, 15) is 33.0 Å². The highest BCUT2D eigenvalue weighted by atomic mass is 32.2. The zero-order valence-corrected chi connectivity index (χ0v) is 14.5. The van der Waals surface area contributed by atoms with Crippen molar-refractivity contribution in [2.24, 2.45) is 7.05 Å². The van der Waals surface area contributed by atoms with Crippen LogP contribution in [0.1, 0.15) is 36.7 Å². The Labute approximate surface area is 145 Å². The molecule has 1 aliphatic rings. The summed E-state index contributed by atoms with van der Waals surface area (Å²) >= 11 is -2.82. The molecular formula is C14H19FN2O7S. The molecule has 1 aromatic heterocycles. The zero-order valence-electron chi connectivity index (χ0n) is 13.6. The van der Waals surface area contributed by atoms with Crippen molar-refractivity contribution in [1.29, 1.82) is 0 Å². The quantitative estimate of drug-likeness (QED) is 0.490. The van der Waals surface area contributed by atoms with Crippen LogP contribution in [-0.4, -0.2) is 53.7 Å². The van der Waals surface area contributed by atoms with E-state index in [-0.39, 0.29) is 25.9 Å². The monoisotopic (exact) mass is 378 g/mol. The maximum Gasteiger partial charge on any atom is 0.358 e. The largest absolute Gasteiger partial charge is 0.479 e. The van der Waals surface area contributed by atoms with Crippen molar-refractivity contribution in [3.63, 3.8) is 0 Å². The van der Waals surface area contributed by atoms with E-state index in [1.165, 1.54) is 7.05 Å². The number of aryl methyl sites for hydroxylation is 1. The fourth-order valence-corrected chi connectivity index (χ4v) is 3.85. The van der Waals surface area contributed by atoms with E-state index in [0.29, 0.717) is 4.31 Å². The van der Waals surface area contributed by atoms with Crippen LogP contribution in [0.4, 0.5) is 10.1 Å². The molecule has 25 heavy (non-hydrogen) atoms. The first-order valence-electron chi connectivity index (χ1n) is 7.53. The molecule has 0 radical (unpaired) electrons. The minimum absolute atomic E-state index is 0.00974. The molecule has 11 heteroatoms. The second-order valence-corrected chi connectivity index (χ2v) is 6.56. The summed E-state index contributed by atoms with van der Waals surface area (Å²) in [6.07, 6.45) is 1.29. The average molecular weight is 378 g/mol. The van der Waals surface area contributed by atoms with Gasteiger partial charge < -0.3 is 19.5 Å². The lowest BCUT2D eigenvalue weighted by atomic mass is 9.98. The molecule has 3 N–H and O–H groups in total. The Hall–Kier alpha value is -1.98. The van der Waals surface area contributed by atoms with Crippen molar-refractivity contribution in [1.82, 2.24) is 4.57 Å². The lowest BCUT2D eigenvalue weighted by molar-refractivity contribution is -0.158. The normalized spacial score (nSPS) is 24.1. The van der Waals surface area contributed by atoms with E-state index >= 15 is 0 Å². The van der Waals surface area contributed by atoms with E-state index in [1.54, 1.807) is 6.92 Å². The Morgan fingerprint density at radius 1 is 1.56 bits per heavy atom. The van der Waals surface area contributed by atoms with Gasteiger partial charge in [0.25, 0.3) is 11.3 Å². The number of hydrogen-bond acceptors (Lipinski definition) is 5. The van der Waals surface area contributed by atoms with Crippen molar-refractivity contribution in [3.8, 4) is 0 Å². The molecule has 3 atom stereocenters. The number of aliphatic hydroxyl groups is 1. The van der Waals surface area contributed by atoms with E-state index in [2.05, 4.69) is 0 Å². The lowest BCUT2D eigenvalue weighted by Gasteiger charge is -2.33. The summed E-state index contributed by atoms with van der Waals surface area (Å²) in [4.78, 5) is 23.3. The molecule has 1 saturated carbocycles. The molecule has 2 rings (SSSR count). The number of carbonyl (C=O) groups is 2. The van der Waals surface area contributed by atoms with Gasteiger partial charge in [-0.1, -0.05) is 0 Å². The SMILES string of the molecule is CCOC(=O)c1c(F)c(N(C2CCCC2(O)C(=O)O)S(=O)O)cn1C. The number of carbonyl (C=O) groups excluding carboxylic acids is 1. The summed E-state index contributed by atoms with van der Waals surface area (Å²) < 4.78 is 42.6. The zero-order chi connectivity index (χ0) is 18.9. The number of aromatic nitrogens is 1. The highest BCUT2D eigenvalue weighted by molar-refractivity contribution is 7.80. The van der Waals surface area contributed by atoms with Crippen molar-refractivity contribution >= 4 is 28.9 Å². The Morgan fingerprint density at radius 3 is 2.72 bits per heavy atom. The van der Waals surface area contributed by atoms with Gasteiger partial charge in [-0.25, -0.2) is 18.2 Å². The number of halogens is 1. The second-order valence-electron chi connectivity index (χ2n) is 5.70. The Balaban J connectivity index is 2.53. The summed E-state index contributed by atoms with van der Waals surface area (Å²) in [6.45, 7) is 1.55. The Bertz CT molecular complexity index is 722. The highest BCUT2D eigenvalue weighted by Crippen LogP contribution is 2.39. The molecule has 0 aromatic carbocycles. The van der Waals surface area contributed by atoms with Gasteiger partial charge in [-0.15, -0.1) is 0 Å². The van der Waals surface area contributed by atoms with Gasteiger partial charge in [0.2, 0.25) is 0 Å². The predicted octanol–water partition coefficient (Wildman–Crippen LogP) is 0.652. The summed E-state index contributed by atoms with van der Waals surface area (Å²) in [5.74, 6) is -3.65. The Kier molecular flexibility index (Phi) is 5.49. The smallest absolute Gasteiger partial charge is 0.358 e. The van der Waals surface area contributed by atoms with Crippen molar-refractivity contribution in [2.75, 3.05) is 10.9 Å². The lowest BCUT2D eigenvalue weighted by Crippen LogP contribution is -2.55. The predicted molar refractivity (Wildman–Crippen MR) is 84.8 cm³/mol. The fraction of sp³-hybridized carbons (Fsp3) is 0.571. The van der Waals surface area contributed by atoms with Crippen LogP contribution in [0.25, 0.3) is 0 Å². The molecule has 1 aromatic rings. The van der Waals surface area contributed by atoms with Gasteiger partial charge in [0.05, 0.1) is 12.6 Å². The molecule has 1 fully saturated rings. The summed E-state index contributed by atoms with van der Waals surface area (Å²) in [5.41, 5.74) is -3.23. The standard InChI is InChI=1S/C14H19FN2O7S/c1-3-24-12(18)11-10(15)8(7-16(11)2)17(25(22)23)9-5-4-6-14(9,21)13(19)20/h7,9,21H,3-6H2,1-2H3,(H,19,20)(H,22,23). The van der Waals surface area contributed by atoms with Gasteiger partial charge in [-0.2, -0.15) is 0 Å². The number of esters is 1. The van der Waals surface area contributed by atoms with Gasteiger partial charge in [-0.3, -0.25) is 8.86 Å². The summed E-state index contributed by atoms with van der Waals surface area (Å²) in [7, 11) is 1.34. The second kappa shape index (κ2) is 7.10. The van der Waals surface area contributed by atoms with Crippen molar-refractivity contribution in [2.45, 2.75) is 37.8 Å². The Morgan fingerprint density at radius 2 is 2.20 bits per heavy atom. The van der Waals surface area contributed by atoms with Gasteiger partial charge >= 0.3 is 11.9 Å². The fourth-order valence-electron chi connectivity index (χ4n) is 3.06. The minimum atomic E-state index is -2.82. The van der Waals surface area contributed by atoms with E-state index in [4.69, 9.17) is 4.74 Å².